The summed E-state index contributed by atoms with van der Waals surface area (Å²) in [6.07, 6.45) is 0.0110. The van der Waals surface area contributed by atoms with Gasteiger partial charge in [0.1, 0.15) is 35.4 Å². The Morgan fingerprint density at radius 3 is 2.71 bits per heavy atom. The summed E-state index contributed by atoms with van der Waals surface area (Å²) in [6, 6.07) is 11.6. The number of fused-ring (bicyclic) bond motifs is 3. The van der Waals surface area contributed by atoms with E-state index in [1.165, 1.54) is 34.3 Å². The minimum absolute atomic E-state index is 0.00287. The number of aliphatic hydroxyl groups excluding tert-OH is 1. The Bertz CT molecular complexity index is 2090. The van der Waals surface area contributed by atoms with Gasteiger partial charge < -0.3 is 19.6 Å². The van der Waals surface area contributed by atoms with E-state index in [9.17, 15) is 18.7 Å². The zero-order chi connectivity index (χ0) is 33.9. The number of aliphatic hydroxyl groups is 1. The molecule has 0 radical (unpaired) electrons. The normalized spacial score (nSPS) is 16.9. The molecular weight excluding hydrogens is 639 g/mol. The molecule has 0 saturated carbocycles. The highest BCUT2D eigenvalue weighted by Crippen LogP contribution is 2.47. The summed E-state index contributed by atoms with van der Waals surface area (Å²) < 4.78 is 52.9. The number of aromatic nitrogens is 3. The molecule has 248 valence electrons. The second-order valence-electron chi connectivity index (χ2n) is 12.6. The van der Waals surface area contributed by atoms with Crippen LogP contribution in [-0.2, 0) is 30.8 Å². The van der Waals surface area contributed by atoms with Crippen molar-refractivity contribution in [3.8, 4) is 39.5 Å². The number of likely N-dealkylation sites (N-methyl/N-ethyl adjacent to an activating group) is 1. The summed E-state index contributed by atoms with van der Waals surface area (Å²) in [4.78, 5) is 21.5. The first kappa shape index (κ1) is 32.0. The average Bonchev–Trinajstić information content (AvgIpc) is 3.69. The Morgan fingerprint density at radius 2 is 1.94 bits per heavy atom. The molecule has 1 amide bonds. The lowest BCUT2D eigenvalue weighted by atomic mass is 9.93. The van der Waals surface area contributed by atoms with Crippen LogP contribution in [0.4, 0.5) is 13.2 Å². The van der Waals surface area contributed by atoms with Crippen molar-refractivity contribution in [2.45, 2.75) is 52.0 Å². The number of nitrogens with zero attached hydrogens (tertiary/aromatic N) is 5. The van der Waals surface area contributed by atoms with E-state index >= 15 is 4.39 Å². The molecule has 5 aromatic rings. The number of hydrogen-bond acceptors (Lipinski definition) is 7. The first-order valence-electron chi connectivity index (χ1n) is 15.7. The topological polar surface area (TPSA) is 83.7 Å². The minimum Gasteiger partial charge on any atom is -0.490 e. The molecule has 8 nitrogen and oxygen atoms in total. The number of carbonyl (C=O) groups excluding carboxylic acids is 1. The first-order valence-corrected chi connectivity index (χ1v) is 16.6. The standard InChI is InChI=1S/C36H34F3N5O3S/c1-19-15-44-26(17-43(19)36(46)21(3)37)14-29(41-44)34-32(31-28(39)12-25(38)13-30(31)47-18-20(2)45)35-27(8-10-48-35)33(40-34)23-5-6-24-16-42(4)9-7-22(24)11-23/h5-6,8,10-14,19-20,45H,3,7,9,15-18H2,1-2,4H3/t19-,20-/m1/s1. The van der Waals surface area contributed by atoms with Gasteiger partial charge in [-0.2, -0.15) is 5.10 Å². The molecule has 48 heavy (non-hydrogen) atoms. The maximum absolute atomic E-state index is 16.1. The van der Waals surface area contributed by atoms with Crippen molar-refractivity contribution in [2.24, 2.45) is 0 Å². The SMILES string of the molecule is C=C(F)C(=O)N1Cc2cc(-c3nc(-c4ccc5c(c4)CCN(C)C5)c4ccsc4c3-c3c(F)cc(F)cc3OC[C@@H](C)O)nn2C[C@H]1C. The fraction of sp³-hybridized carbons (Fsp3) is 0.306. The highest BCUT2D eigenvalue weighted by molar-refractivity contribution is 7.18. The lowest BCUT2D eigenvalue weighted by Gasteiger charge is -2.33. The minimum atomic E-state index is -1.04. The van der Waals surface area contributed by atoms with Gasteiger partial charge in [-0.3, -0.25) is 9.48 Å². The van der Waals surface area contributed by atoms with E-state index in [2.05, 4.69) is 30.7 Å². The Morgan fingerprint density at radius 1 is 1.12 bits per heavy atom. The zero-order valence-corrected chi connectivity index (χ0v) is 27.6. The molecule has 0 unspecified atom stereocenters. The van der Waals surface area contributed by atoms with E-state index in [0.717, 1.165) is 42.6 Å². The van der Waals surface area contributed by atoms with E-state index in [4.69, 9.17) is 14.8 Å². The third kappa shape index (κ3) is 5.78. The Hall–Kier alpha value is -4.52. The van der Waals surface area contributed by atoms with Gasteiger partial charge in [0.2, 0.25) is 0 Å². The predicted octanol–water partition coefficient (Wildman–Crippen LogP) is 6.73. The molecule has 3 aromatic heterocycles. The van der Waals surface area contributed by atoms with Gasteiger partial charge in [-0.25, -0.2) is 18.2 Å². The van der Waals surface area contributed by atoms with Crippen LogP contribution in [0.1, 0.15) is 30.7 Å². The number of amides is 1. The molecule has 2 aliphatic rings. The third-order valence-electron chi connectivity index (χ3n) is 8.94. The van der Waals surface area contributed by atoms with Crippen molar-refractivity contribution in [2.75, 3.05) is 20.2 Å². The van der Waals surface area contributed by atoms with E-state index in [0.29, 0.717) is 39.6 Å². The molecule has 0 bridgehead atoms. The van der Waals surface area contributed by atoms with E-state index in [-0.39, 0.29) is 30.5 Å². The van der Waals surface area contributed by atoms with Crippen LogP contribution in [0.2, 0.25) is 0 Å². The van der Waals surface area contributed by atoms with Gasteiger partial charge in [0.15, 0.2) is 5.83 Å². The van der Waals surface area contributed by atoms with Crippen LogP contribution in [0, 0.1) is 11.6 Å². The van der Waals surface area contributed by atoms with Crippen molar-refractivity contribution in [1.82, 2.24) is 24.6 Å². The van der Waals surface area contributed by atoms with Gasteiger partial charge in [-0.1, -0.05) is 18.7 Å². The lowest BCUT2D eigenvalue weighted by molar-refractivity contribution is -0.132. The first-order chi connectivity index (χ1) is 23.0. The van der Waals surface area contributed by atoms with E-state index in [1.807, 2.05) is 17.5 Å². The molecular formula is C36H34F3N5O3S. The number of ether oxygens (including phenoxy) is 1. The molecule has 5 heterocycles. The molecule has 0 aliphatic carbocycles. The van der Waals surface area contributed by atoms with Crippen LogP contribution in [0.5, 0.6) is 5.75 Å². The van der Waals surface area contributed by atoms with Crippen LogP contribution in [0.15, 0.2) is 60.3 Å². The summed E-state index contributed by atoms with van der Waals surface area (Å²) in [5, 5.41) is 17.5. The number of hydrogen-bond donors (Lipinski definition) is 1. The number of thiophene rings is 1. The Balaban J connectivity index is 1.47. The summed E-state index contributed by atoms with van der Waals surface area (Å²) in [6.45, 7) is 8.50. The summed E-state index contributed by atoms with van der Waals surface area (Å²) in [5.74, 6) is -3.58. The number of benzene rings is 2. The number of rotatable bonds is 7. The largest absolute Gasteiger partial charge is 0.490 e. The van der Waals surface area contributed by atoms with Crippen LogP contribution < -0.4 is 4.74 Å². The van der Waals surface area contributed by atoms with Crippen LogP contribution >= 0.6 is 11.3 Å². The van der Waals surface area contributed by atoms with Crippen LogP contribution in [0.3, 0.4) is 0 Å². The van der Waals surface area contributed by atoms with E-state index in [1.54, 1.807) is 17.7 Å². The van der Waals surface area contributed by atoms with Crippen molar-refractivity contribution in [3.05, 3.63) is 88.7 Å². The summed E-state index contributed by atoms with van der Waals surface area (Å²) in [5.41, 5.74) is 5.83. The van der Waals surface area contributed by atoms with Crippen LogP contribution in [-0.4, -0.2) is 67.9 Å². The molecule has 0 spiro atoms. The van der Waals surface area contributed by atoms with Gasteiger partial charge in [0, 0.05) is 52.5 Å². The van der Waals surface area contributed by atoms with Gasteiger partial charge in [-0.15, -0.1) is 11.3 Å². The van der Waals surface area contributed by atoms with Gasteiger partial charge >= 0.3 is 0 Å². The van der Waals surface area contributed by atoms with E-state index < -0.39 is 29.5 Å². The van der Waals surface area contributed by atoms with Crippen molar-refractivity contribution >= 4 is 27.3 Å². The van der Waals surface area contributed by atoms with Crippen molar-refractivity contribution < 1.29 is 27.8 Å². The Labute approximate surface area is 279 Å². The van der Waals surface area contributed by atoms with Gasteiger partial charge in [0.05, 0.1) is 36.1 Å². The predicted molar refractivity (Wildman–Crippen MR) is 179 cm³/mol. The average molecular weight is 674 g/mol. The maximum atomic E-state index is 16.1. The molecule has 12 heteroatoms. The molecule has 2 atom stereocenters. The lowest BCUT2D eigenvalue weighted by Crippen LogP contribution is -2.45. The quantitative estimate of drug-likeness (QED) is 0.193. The molecule has 0 saturated heterocycles. The highest BCUT2D eigenvalue weighted by Gasteiger charge is 2.32. The van der Waals surface area contributed by atoms with Crippen molar-refractivity contribution in [1.29, 1.82) is 0 Å². The summed E-state index contributed by atoms with van der Waals surface area (Å²) >= 11 is 1.39. The molecule has 7 rings (SSSR count). The zero-order valence-electron chi connectivity index (χ0n) is 26.8. The maximum Gasteiger partial charge on any atom is 0.282 e. The molecule has 2 aromatic carbocycles. The second kappa shape index (κ2) is 12.5. The fourth-order valence-corrected chi connectivity index (χ4v) is 7.53. The van der Waals surface area contributed by atoms with Crippen molar-refractivity contribution in [3.63, 3.8) is 0 Å². The highest BCUT2D eigenvalue weighted by atomic mass is 32.1. The van der Waals surface area contributed by atoms with Crippen LogP contribution in [0.25, 0.3) is 43.9 Å². The smallest absolute Gasteiger partial charge is 0.282 e. The molecule has 1 N–H and O–H groups in total. The fourth-order valence-electron chi connectivity index (χ4n) is 6.58. The second-order valence-corrected chi connectivity index (χ2v) is 13.5. The third-order valence-corrected chi connectivity index (χ3v) is 9.87. The summed E-state index contributed by atoms with van der Waals surface area (Å²) in [7, 11) is 2.10. The van der Waals surface area contributed by atoms with Gasteiger partial charge in [0.25, 0.3) is 5.91 Å². The number of carbonyl (C=O) groups is 1. The number of pyridine rings is 1. The number of halogens is 3. The van der Waals surface area contributed by atoms with Gasteiger partial charge in [-0.05, 0) is 62.0 Å². The molecule has 2 aliphatic heterocycles. The Kier molecular flexibility index (Phi) is 8.34. The molecule has 0 fully saturated rings. The monoisotopic (exact) mass is 673 g/mol.